The molecular weight excluding hydrogens is 308 g/mol. The zero-order chi connectivity index (χ0) is 15.5. The lowest BCUT2D eigenvalue weighted by molar-refractivity contribution is 0.414. The van der Waals surface area contributed by atoms with Crippen molar-refractivity contribution in [1.82, 2.24) is 4.31 Å². The Bertz CT molecular complexity index is 693. The zero-order valence-electron chi connectivity index (χ0n) is 11.9. The molecule has 2 aromatic rings. The van der Waals surface area contributed by atoms with Crippen LogP contribution >= 0.6 is 11.3 Å². The highest BCUT2D eigenvalue weighted by Gasteiger charge is 2.22. The third-order valence-electron chi connectivity index (χ3n) is 3.10. The lowest BCUT2D eigenvalue weighted by atomic mass is 10.2. The average molecular weight is 326 g/mol. The minimum absolute atomic E-state index is 0.295. The summed E-state index contributed by atoms with van der Waals surface area (Å²) in [7, 11) is -0.322. The van der Waals surface area contributed by atoms with Crippen LogP contribution < -0.4 is 10.5 Å². The smallest absolute Gasteiger partial charge is 0.243 e. The molecular formula is C14H18N2O3S2. The van der Waals surface area contributed by atoms with E-state index in [1.165, 1.54) is 15.6 Å². The highest BCUT2D eigenvalue weighted by molar-refractivity contribution is 7.89. The van der Waals surface area contributed by atoms with Crippen LogP contribution in [-0.2, 0) is 23.1 Å². The lowest BCUT2D eigenvalue weighted by Crippen LogP contribution is -2.26. The fourth-order valence-corrected chi connectivity index (χ4v) is 4.16. The molecule has 0 spiro atoms. The van der Waals surface area contributed by atoms with Crippen LogP contribution in [0.1, 0.15) is 10.4 Å². The summed E-state index contributed by atoms with van der Waals surface area (Å²) in [4.78, 5) is 1.15. The monoisotopic (exact) mass is 326 g/mol. The minimum Gasteiger partial charge on any atom is -0.497 e. The number of sulfonamides is 1. The summed E-state index contributed by atoms with van der Waals surface area (Å²) in [5.74, 6) is 0.745. The number of thiophene rings is 1. The molecule has 1 aromatic carbocycles. The van der Waals surface area contributed by atoms with E-state index >= 15 is 0 Å². The molecule has 1 aromatic heterocycles. The topological polar surface area (TPSA) is 72.6 Å². The highest BCUT2D eigenvalue weighted by atomic mass is 32.2. The Kier molecular flexibility index (Phi) is 5.00. The van der Waals surface area contributed by atoms with Gasteiger partial charge in [-0.1, -0.05) is 12.1 Å². The summed E-state index contributed by atoms with van der Waals surface area (Å²) in [5, 5.41) is 1.63. The Balaban J connectivity index is 2.15. The van der Waals surface area contributed by atoms with Crippen molar-refractivity contribution in [3.8, 4) is 5.75 Å². The summed E-state index contributed by atoms with van der Waals surface area (Å²) >= 11 is 1.36. The molecule has 2 rings (SSSR count). The SMILES string of the molecule is COc1ccc(CN(C)S(=O)(=O)c2csc(CN)c2)cc1. The van der Waals surface area contributed by atoms with Gasteiger partial charge in [-0.05, 0) is 23.8 Å². The maximum Gasteiger partial charge on any atom is 0.243 e. The second-order valence-electron chi connectivity index (χ2n) is 4.56. The Morgan fingerprint density at radius 1 is 1.29 bits per heavy atom. The van der Waals surface area contributed by atoms with E-state index in [0.29, 0.717) is 18.0 Å². The van der Waals surface area contributed by atoms with Crippen LogP contribution in [0.5, 0.6) is 5.75 Å². The van der Waals surface area contributed by atoms with Crippen LogP contribution in [0.2, 0.25) is 0 Å². The normalized spacial score (nSPS) is 11.8. The van der Waals surface area contributed by atoms with E-state index in [1.54, 1.807) is 25.6 Å². The third-order valence-corrected chi connectivity index (χ3v) is 5.99. The summed E-state index contributed by atoms with van der Waals surface area (Å²) in [6, 6.07) is 8.96. The van der Waals surface area contributed by atoms with Crippen LogP contribution in [0, 0.1) is 0 Å². The summed E-state index contributed by atoms with van der Waals surface area (Å²) < 4.78 is 31.3. The van der Waals surface area contributed by atoms with Crippen molar-refractivity contribution in [2.45, 2.75) is 18.0 Å². The van der Waals surface area contributed by atoms with Crippen molar-refractivity contribution >= 4 is 21.4 Å². The molecule has 0 amide bonds. The fourth-order valence-electron chi connectivity index (χ4n) is 1.86. The lowest BCUT2D eigenvalue weighted by Gasteiger charge is -2.16. The highest BCUT2D eigenvalue weighted by Crippen LogP contribution is 2.23. The number of nitrogens with two attached hydrogens (primary N) is 1. The molecule has 1 heterocycles. The number of nitrogens with zero attached hydrogens (tertiary/aromatic N) is 1. The summed E-state index contributed by atoms with van der Waals surface area (Å²) in [6.07, 6.45) is 0. The van der Waals surface area contributed by atoms with Gasteiger partial charge in [-0.15, -0.1) is 11.3 Å². The summed E-state index contributed by atoms with van der Waals surface area (Å²) in [5.41, 5.74) is 6.42. The van der Waals surface area contributed by atoms with Crippen LogP contribution in [0.3, 0.4) is 0 Å². The molecule has 21 heavy (non-hydrogen) atoms. The second-order valence-corrected chi connectivity index (χ2v) is 7.60. The molecule has 0 radical (unpaired) electrons. The first-order valence-corrected chi connectivity index (χ1v) is 8.66. The molecule has 114 valence electrons. The molecule has 0 bridgehead atoms. The van der Waals surface area contributed by atoms with Crippen molar-refractivity contribution < 1.29 is 13.2 Å². The van der Waals surface area contributed by atoms with E-state index in [9.17, 15) is 8.42 Å². The standard InChI is InChI=1S/C14H18N2O3S2/c1-16(9-11-3-5-12(19-2)6-4-11)21(17,18)14-7-13(8-15)20-10-14/h3-7,10H,8-9,15H2,1-2H3. The molecule has 0 saturated heterocycles. The molecule has 0 aliphatic carbocycles. The van der Waals surface area contributed by atoms with E-state index in [2.05, 4.69) is 0 Å². The molecule has 2 N–H and O–H groups in total. The van der Waals surface area contributed by atoms with Gasteiger partial charge in [0.05, 0.1) is 12.0 Å². The van der Waals surface area contributed by atoms with Gasteiger partial charge in [0.25, 0.3) is 0 Å². The van der Waals surface area contributed by atoms with Gasteiger partial charge in [0.15, 0.2) is 0 Å². The van der Waals surface area contributed by atoms with Crippen LogP contribution in [0.15, 0.2) is 40.6 Å². The quantitative estimate of drug-likeness (QED) is 0.881. The molecule has 0 atom stereocenters. The van der Waals surface area contributed by atoms with Gasteiger partial charge in [0.2, 0.25) is 10.0 Å². The van der Waals surface area contributed by atoms with Gasteiger partial charge in [-0.2, -0.15) is 4.31 Å². The van der Waals surface area contributed by atoms with Crippen LogP contribution in [-0.4, -0.2) is 26.9 Å². The molecule has 0 unspecified atom stereocenters. The van der Waals surface area contributed by atoms with Gasteiger partial charge in [-0.25, -0.2) is 8.42 Å². The van der Waals surface area contributed by atoms with E-state index in [1.807, 2.05) is 24.3 Å². The van der Waals surface area contributed by atoms with E-state index < -0.39 is 10.0 Å². The molecule has 0 aliphatic rings. The van der Waals surface area contributed by atoms with Crippen LogP contribution in [0.4, 0.5) is 0 Å². The molecule has 0 fully saturated rings. The number of methoxy groups -OCH3 is 1. The Hall–Kier alpha value is -1.41. The molecule has 0 aliphatic heterocycles. The fraction of sp³-hybridized carbons (Fsp3) is 0.286. The number of rotatable bonds is 6. The predicted molar refractivity (Wildman–Crippen MR) is 83.9 cm³/mol. The number of hydrogen-bond acceptors (Lipinski definition) is 5. The predicted octanol–water partition coefficient (Wildman–Crippen LogP) is 2.04. The molecule has 5 nitrogen and oxygen atoms in total. The maximum atomic E-state index is 12.5. The Morgan fingerprint density at radius 2 is 1.95 bits per heavy atom. The van der Waals surface area contributed by atoms with Gasteiger partial charge < -0.3 is 10.5 Å². The number of benzene rings is 1. The van der Waals surface area contributed by atoms with E-state index in [4.69, 9.17) is 10.5 Å². The van der Waals surface area contributed by atoms with Gasteiger partial charge >= 0.3 is 0 Å². The first-order chi connectivity index (χ1) is 9.97. The van der Waals surface area contributed by atoms with E-state index in [-0.39, 0.29) is 0 Å². The maximum absolute atomic E-state index is 12.5. The Labute approximate surface area is 129 Å². The van der Waals surface area contributed by atoms with Crippen molar-refractivity contribution in [3.63, 3.8) is 0 Å². The second kappa shape index (κ2) is 6.57. The Morgan fingerprint density at radius 3 is 2.48 bits per heavy atom. The van der Waals surface area contributed by atoms with Gasteiger partial charge in [-0.3, -0.25) is 0 Å². The van der Waals surface area contributed by atoms with Crippen LogP contribution in [0.25, 0.3) is 0 Å². The first kappa shape index (κ1) is 16.0. The molecule has 0 saturated carbocycles. The molecule has 7 heteroatoms. The van der Waals surface area contributed by atoms with Crippen molar-refractivity contribution in [2.75, 3.05) is 14.2 Å². The van der Waals surface area contributed by atoms with Gasteiger partial charge in [0, 0.05) is 30.4 Å². The minimum atomic E-state index is -3.49. The van der Waals surface area contributed by atoms with Crippen molar-refractivity contribution in [3.05, 3.63) is 46.2 Å². The van der Waals surface area contributed by atoms with E-state index in [0.717, 1.165) is 16.2 Å². The zero-order valence-corrected chi connectivity index (χ0v) is 13.6. The van der Waals surface area contributed by atoms with Gasteiger partial charge in [0.1, 0.15) is 5.75 Å². The third kappa shape index (κ3) is 3.62. The first-order valence-electron chi connectivity index (χ1n) is 6.34. The number of ether oxygens (including phenoxy) is 1. The van der Waals surface area contributed by atoms with Crippen molar-refractivity contribution in [1.29, 1.82) is 0 Å². The number of hydrogen-bond donors (Lipinski definition) is 1. The summed E-state index contributed by atoms with van der Waals surface area (Å²) in [6.45, 7) is 0.655. The average Bonchev–Trinajstić information content (AvgIpc) is 2.97. The van der Waals surface area contributed by atoms with Crippen molar-refractivity contribution in [2.24, 2.45) is 5.73 Å². The largest absolute Gasteiger partial charge is 0.497 e.